The SMILES string of the molecule is CC(C)C1CCc2c(sc3nc(CCl)[nH]c(=O)c23)C1. The lowest BCUT2D eigenvalue weighted by Crippen LogP contribution is -2.19. The highest BCUT2D eigenvalue weighted by molar-refractivity contribution is 7.18. The van der Waals surface area contributed by atoms with E-state index >= 15 is 0 Å². The van der Waals surface area contributed by atoms with E-state index in [-0.39, 0.29) is 11.4 Å². The van der Waals surface area contributed by atoms with Gasteiger partial charge in [0.25, 0.3) is 5.56 Å². The minimum absolute atomic E-state index is 0.0267. The van der Waals surface area contributed by atoms with Crippen molar-refractivity contribution >= 4 is 33.2 Å². The molecule has 1 atom stereocenters. The molecule has 2 aromatic heterocycles. The first-order chi connectivity index (χ1) is 9.10. The molecular weight excluding hydrogens is 280 g/mol. The van der Waals surface area contributed by atoms with Crippen molar-refractivity contribution in [3.63, 3.8) is 0 Å². The summed E-state index contributed by atoms with van der Waals surface area (Å²) in [5, 5.41) is 0.802. The number of hydrogen-bond donors (Lipinski definition) is 1. The fourth-order valence-corrected chi connectivity index (χ4v) is 4.34. The van der Waals surface area contributed by atoms with Crippen LogP contribution in [-0.4, -0.2) is 9.97 Å². The summed E-state index contributed by atoms with van der Waals surface area (Å²) in [5.74, 6) is 2.25. The van der Waals surface area contributed by atoms with E-state index in [0.29, 0.717) is 11.7 Å². The van der Waals surface area contributed by atoms with Gasteiger partial charge in [-0.2, -0.15) is 0 Å². The molecule has 1 N–H and O–H groups in total. The zero-order valence-corrected chi connectivity index (χ0v) is 12.7. The van der Waals surface area contributed by atoms with Gasteiger partial charge in [-0.05, 0) is 36.7 Å². The second kappa shape index (κ2) is 4.91. The van der Waals surface area contributed by atoms with Crippen LogP contribution in [0.5, 0.6) is 0 Å². The first-order valence-electron chi connectivity index (χ1n) is 6.69. The first kappa shape index (κ1) is 13.1. The van der Waals surface area contributed by atoms with Crippen LogP contribution in [0.2, 0.25) is 0 Å². The molecule has 0 radical (unpaired) electrons. The maximum Gasteiger partial charge on any atom is 0.259 e. The molecule has 102 valence electrons. The lowest BCUT2D eigenvalue weighted by atomic mass is 9.81. The van der Waals surface area contributed by atoms with E-state index in [0.717, 1.165) is 29.0 Å². The minimum atomic E-state index is -0.0267. The van der Waals surface area contributed by atoms with Crippen LogP contribution >= 0.6 is 22.9 Å². The smallest absolute Gasteiger partial charge is 0.259 e. The molecule has 3 nitrogen and oxygen atoms in total. The van der Waals surface area contributed by atoms with Crippen molar-refractivity contribution in [1.82, 2.24) is 9.97 Å². The van der Waals surface area contributed by atoms with Crippen LogP contribution < -0.4 is 5.56 Å². The number of aryl methyl sites for hydroxylation is 1. The van der Waals surface area contributed by atoms with Gasteiger partial charge in [0, 0.05) is 4.88 Å². The third-order valence-electron chi connectivity index (χ3n) is 4.08. The summed E-state index contributed by atoms with van der Waals surface area (Å²) < 4.78 is 0. The Hall–Kier alpha value is -0.870. The third kappa shape index (κ3) is 2.21. The maximum atomic E-state index is 12.2. The van der Waals surface area contributed by atoms with Crippen LogP contribution in [0.3, 0.4) is 0 Å². The van der Waals surface area contributed by atoms with Crippen molar-refractivity contribution in [2.24, 2.45) is 11.8 Å². The van der Waals surface area contributed by atoms with Gasteiger partial charge >= 0.3 is 0 Å². The monoisotopic (exact) mass is 296 g/mol. The van der Waals surface area contributed by atoms with Crippen molar-refractivity contribution < 1.29 is 0 Å². The van der Waals surface area contributed by atoms with Gasteiger partial charge in [0.05, 0.1) is 11.3 Å². The number of aromatic nitrogens is 2. The second-order valence-electron chi connectivity index (χ2n) is 5.58. The summed E-state index contributed by atoms with van der Waals surface area (Å²) in [5.41, 5.74) is 1.20. The van der Waals surface area contributed by atoms with E-state index in [1.807, 2.05) is 0 Å². The lowest BCUT2D eigenvalue weighted by molar-refractivity contribution is 0.346. The molecule has 0 amide bonds. The van der Waals surface area contributed by atoms with E-state index in [1.165, 1.54) is 16.9 Å². The average molecular weight is 297 g/mol. The molecule has 0 saturated heterocycles. The van der Waals surface area contributed by atoms with E-state index in [4.69, 9.17) is 11.6 Å². The molecule has 2 heterocycles. The number of thiophene rings is 1. The standard InChI is InChI=1S/C14H17ClN2OS/c1-7(2)8-3-4-9-10(5-8)19-14-12(9)13(18)16-11(6-15)17-14/h7-8H,3-6H2,1-2H3,(H,16,17,18). The molecule has 0 fully saturated rings. The fourth-order valence-electron chi connectivity index (χ4n) is 2.89. The summed E-state index contributed by atoms with van der Waals surface area (Å²) >= 11 is 7.44. The Labute approximate surface area is 121 Å². The Morgan fingerprint density at radius 3 is 3.00 bits per heavy atom. The highest BCUT2D eigenvalue weighted by Crippen LogP contribution is 2.37. The zero-order valence-electron chi connectivity index (χ0n) is 11.1. The van der Waals surface area contributed by atoms with E-state index in [1.54, 1.807) is 11.3 Å². The van der Waals surface area contributed by atoms with Gasteiger partial charge in [0.2, 0.25) is 0 Å². The molecule has 0 saturated carbocycles. The molecule has 2 aromatic rings. The Bertz CT molecular complexity index is 674. The molecule has 3 rings (SSSR count). The van der Waals surface area contributed by atoms with Gasteiger partial charge in [-0.1, -0.05) is 13.8 Å². The topological polar surface area (TPSA) is 45.8 Å². The van der Waals surface area contributed by atoms with Crippen LogP contribution in [0.1, 0.15) is 36.5 Å². The summed E-state index contributed by atoms with van der Waals surface area (Å²) in [6, 6.07) is 0. The van der Waals surface area contributed by atoms with Gasteiger partial charge in [-0.15, -0.1) is 22.9 Å². The summed E-state index contributed by atoms with van der Waals surface area (Å²) in [6.07, 6.45) is 3.26. The fraction of sp³-hybridized carbons (Fsp3) is 0.571. The summed E-state index contributed by atoms with van der Waals surface area (Å²) in [7, 11) is 0. The van der Waals surface area contributed by atoms with Crippen LogP contribution in [0.15, 0.2) is 4.79 Å². The molecule has 19 heavy (non-hydrogen) atoms. The van der Waals surface area contributed by atoms with Crippen molar-refractivity contribution in [3.8, 4) is 0 Å². The lowest BCUT2D eigenvalue weighted by Gasteiger charge is -2.25. The Kier molecular flexibility index (Phi) is 3.39. The van der Waals surface area contributed by atoms with Gasteiger partial charge in [-0.25, -0.2) is 4.98 Å². The third-order valence-corrected chi connectivity index (χ3v) is 5.48. The normalized spacial score (nSPS) is 19.1. The van der Waals surface area contributed by atoms with E-state index in [2.05, 4.69) is 23.8 Å². The Morgan fingerprint density at radius 2 is 2.32 bits per heavy atom. The van der Waals surface area contributed by atoms with Crippen LogP contribution in [0, 0.1) is 11.8 Å². The van der Waals surface area contributed by atoms with Crippen LogP contribution in [-0.2, 0) is 18.7 Å². The Balaban J connectivity index is 2.13. The molecule has 0 aromatic carbocycles. The highest BCUT2D eigenvalue weighted by Gasteiger charge is 2.26. The predicted octanol–water partition coefficient (Wildman–Crippen LogP) is 3.48. The number of rotatable bonds is 2. The summed E-state index contributed by atoms with van der Waals surface area (Å²) in [4.78, 5) is 21.6. The van der Waals surface area contributed by atoms with Gasteiger partial charge in [-0.3, -0.25) is 4.79 Å². The highest BCUT2D eigenvalue weighted by atomic mass is 35.5. The van der Waals surface area contributed by atoms with E-state index in [9.17, 15) is 4.79 Å². The number of alkyl halides is 1. The number of nitrogens with one attached hydrogen (secondary N) is 1. The van der Waals surface area contributed by atoms with Crippen molar-refractivity contribution in [3.05, 3.63) is 26.6 Å². The maximum absolute atomic E-state index is 12.2. The molecule has 0 aliphatic heterocycles. The molecule has 0 spiro atoms. The Morgan fingerprint density at radius 1 is 1.53 bits per heavy atom. The number of aromatic amines is 1. The molecule has 0 bridgehead atoms. The van der Waals surface area contributed by atoms with Gasteiger partial charge in [0.1, 0.15) is 10.7 Å². The molecule has 1 aliphatic carbocycles. The predicted molar refractivity (Wildman–Crippen MR) is 80.2 cm³/mol. The number of hydrogen-bond acceptors (Lipinski definition) is 3. The summed E-state index contributed by atoms with van der Waals surface area (Å²) in [6.45, 7) is 4.55. The second-order valence-corrected chi connectivity index (χ2v) is 6.93. The first-order valence-corrected chi connectivity index (χ1v) is 8.04. The molecule has 1 aliphatic rings. The van der Waals surface area contributed by atoms with Crippen LogP contribution in [0.4, 0.5) is 0 Å². The number of H-pyrrole nitrogens is 1. The zero-order chi connectivity index (χ0) is 13.6. The molecule has 5 heteroatoms. The number of nitrogens with zero attached hydrogens (tertiary/aromatic N) is 1. The molecule has 1 unspecified atom stereocenters. The van der Waals surface area contributed by atoms with Crippen molar-refractivity contribution in [2.75, 3.05) is 0 Å². The minimum Gasteiger partial charge on any atom is -0.309 e. The van der Waals surface area contributed by atoms with Gasteiger partial charge in [0.15, 0.2) is 0 Å². The molecular formula is C14H17ClN2OS. The number of fused-ring (bicyclic) bond motifs is 3. The largest absolute Gasteiger partial charge is 0.309 e. The van der Waals surface area contributed by atoms with Crippen molar-refractivity contribution in [2.45, 2.75) is 39.0 Å². The van der Waals surface area contributed by atoms with Crippen molar-refractivity contribution in [1.29, 1.82) is 0 Å². The number of halogens is 1. The average Bonchev–Trinajstić information content (AvgIpc) is 2.75. The quantitative estimate of drug-likeness (QED) is 0.862. The van der Waals surface area contributed by atoms with Gasteiger partial charge < -0.3 is 4.98 Å². The van der Waals surface area contributed by atoms with E-state index < -0.39 is 0 Å². The van der Waals surface area contributed by atoms with Crippen LogP contribution in [0.25, 0.3) is 10.2 Å².